The predicted octanol–water partition coefficient (Wildman–Crippen LogP) is 6.87. The average Bonchev–Trinajstić information content (AvgIpc) is 3.29. The Balaban J connectivity index is 1.48. The molecule has 2 aromatic carbocycles. The lowest BCUT2D eigenvalue weighted by Crippen LogP contribution is -2.38. The number of hydrogen-bond donors (Lipinski definition) is 1. The second kappa shape index (κ2) is 9.72. The van der Waals surface area contributed by atoms with Crippen LogP contribution in [0, 0.1) is 26.7 Å². The Labute approximate surface area is 226 Å². The average molecular weight is 509 g/mol. The third-order valence-corrected chi connectivity index (χ3v) is 8.71. The Hall–Kier alpha value is -3.41. The molecule has 1 saturated heterocycles. The number of hydrogen-bond acceptors (Lipinski definition) is 5. The molecule has 6 heteroatoms. The minimum Gasteiger partial charge on any atom is -0.366 e. The lowest BCUT2D eigenvalue weighted by Gasteiger charge is -2.37. The summed E-state index contributed by atoms with van der Waals surface area (Å²) in [5.41, 5.74) is 10.9. The van der Waals surface area contributed by atoms with Gasteiger partial charge in [-0.2, -0.15) is 5.10 Å². The van der Waals surface area contributed by atoms with Gasteiger partial charge < -0.3 is 9.80 Å². The number of fused-ring (bicyclic) bond motifs is 2. The fourth-order valence-corrected chi connectivity index (χ4v) is 6.19. The van der Waals surface area contributed by atoms with Crippen molar-refractivity contribution >= 4 is 22.4 Å². The number of aromatic amines is 1. The van der Waals surface area contributed by atoms with Gasteiger partial charge in [0.05, 0.1) is 16.9 Å². The van der Waals surface area contributed by atoms with Crippen LogP contribution in [0.25, 0.3) is 22.3 Å². The van der Waals surface area contributed by atoms with Crippen LogP contribution in [0.3, 0.4) is 0 Å². The number of rotatable bonds is 4. The minimum atomic E-state index is 0.514. The molecule has 0 unspecified atom stereocenters. The van der Waals surface area contributed by atoms with Crippen molar-refractivity contribution in [3.63, 3.8) is 0 Å². The lowest BCUT2D eigenvalue weighted by molar-refractivity contribution is 0.435. The van der Waals surface area contributed by atoms with Crippen LogP contribution >= 0.6 is 0 Å². The Bertz CT molecular complexity index is 1490. The number of anilines is 2. The van der Waals surface area contributed by atoms with Crippen molar-refractivity contribution in [2.75, 3.05) is 29.4 Å². The molecule has 6 nitrogen and oxygen atoms in total. The van der Waals surface area contributed by atoms with Crippen LogP contribution in [0.4, 0.5) is 11.5 Å². The number of nitrogens with one attached hydrogen (secondary N) is 1. The third kappa shape index (κ3) is 4.34. The van der Waals surface area contributed by atoms with E-state index in [0.29, 0.717) is 5.92 Å². The van der Waals surface area contributed by atoms with Gasteiger partial charge in [0, 0.05) is 54.8 Å². The highest BCUT2D eigenvalue weighted by atomic mass is 15.2. The van der Waals surface area contributed by atoms with E-state index in [9.17, 15) is 0 Å². The molecule has 4 heterocycles. The summed E-state index contributed by atoms with van der Waals surface area (Å²) in [6, 6.07) is 11.2. The van der Waals surface area contributed by atoms with Crippen LogP contribution < -0.4 is 9.80 Å². The molecule has 4 aromatic rings. The smallest absolute Gasteiger partial charge is 0.162 e. The van der Waals surface area contributed by atoms with Crippen LogP contribution in [0.2, 0.25) is 0 Å². The summed E-state index contributed by atoms with van der Waals surface area (Å²) < 4.78 is 0. The van der Waals surface area contributed by atoms with Crippen LogP contribution in [-0.2, 0) is 13.0 Å². The molecule has 0 radical (unpaired) electrons. The van der Waals surface area contributed by atoms with Gasteiger partial charge in [-0.1, -0.05) is 39.0 Å². The van der Waals surface area contributed by atoms with Crippen LogP contribution in [0.1, 0.15) is 73.2 Å². The maximum atomic E-state index is 5.38. The van der Waals surface area contributed by atoms with Crippen molar-refractivity contribution in [3.05, 3.63) is 64.0 Å². The molecular weight excluding hydrogens is 468 g/mol. The number of piperidine rings is 1. The molecule has 0 atom stereocenters. The summed E-state index contributed by atoms with van der Waals surface area (Å²) in [4.78, 5) is 15.7. The normalized spacial score (nSPS) is 16.5. The van der Waals surface area contributed by atoms with E-state index in [1.54, 1.807) is 0 Å². The fraction of sp³-hybridized carbons (Fsp3) is 0.469. The van der Waals surface area contributed by atoms with Gasteiger partial charge in [-0.05, 0) is 74.3 Å². The molecule has 2 aromatic heterocycles. The Morgan fingerprint density at radius 1 is 0.921 bits per heavy atom. The summed E-state index contributed by atoms with van der Waals surface area (Å²) in [5.74, 6) is 3.26. The third-order valence-electron chi connectivity index (χ3n) is 8.71. The Morgan fingerprint density at radius 2 is 1.68 bits per heavy atom. The largest absolute Gasteiger partial charge is 0.366 e. The Kier molecular flexibility index (Phi) is 6.37. The zero-order chi connectivity index (χ0) is 26.6. The molecule has 0 spiro atoms. The molecule has 1 fully saturated rings. The van der Waals surface area contributed by atoms with Crippen LogP contribution in [0.5, 0.6) is 0 Å². The first-order chi connectivity index (χ1) is 18.3. The van der Waals surface area contributed by atoms with Crippen molar-refractivity contribution in [2.45, 2.75) is 73.3 Å². The molecule has 2 aliphatic rings. The first kappa shape index (κ1) is 24.9. The molecule has 0 aliphatic carbocycles. The van der Waals surface area contributed by atoms with Crippen LogP contribution in [-0.4, -0.2) is 39.8 Å². The molecule has 0 saturated carbocycles. The van der Waals surface area contributed by atoms with E-state index in [2.05, 4.69) is 91.9 Å². The maximum Gasteiger partial charge on any atom is 0.162 e. The summed E-state index contributed by atoms with van der Waals surface area (Å²) in [6.45, 7) is 17.3. The van der Waals surface area contributed by atoms with Crippen LogP contribution in [0.15, 0.2) is 30.3 Å². The highest BCUT2D eigenvalue weighted by Crippen LogP contribution is 2.38. The summed E-state index contributed by atoms with van der Waals surface area (Å²) in [5, 5.41) is 8.83. The van der Waals surface area contributed by atoms with Gasteiger partial charge >= 0.3 is 0 Å². The van der Waals surface area contributed by atoms with Crippen molar-refractivity contribution in [1.29, 1.82) is 0 Å². The molecular formula is C32H40N6. The topological polar surface area (TPSA) is 60.9 Å². The molecule has 38 heavy (non-hydrogen) atoms. The van der Waals surface area contributed by atoms with E-state index in [0.717, 1.165) is 72.3 Å². The van der Waals surface area contributed by atoms with E-state index >= 15 is 0 Å². The molecule has 2 aliphatic heterocycles. The van der Waals surface area contributed by atoms with Gasteiger partial charge in [-0.15, -0.1) is 0 Å². The summed E-state index contributed by atoms with van der Waals surface area (Å²) >= 11 is 0. The van der Waals surface area contributed by atoms with Gasteiger partial charge in [0.1, 0.15) is 5.82 Å². The van der Waals surface area contributed by atoms with E-state index in [1.165, 1.54) is 46.5 Å². The number of aryl methyl sites for hydroxylation is 3. The zero-order valence-corrected chi connectivity index (χ0v) is 23.7. The van der Waals surface area contributed by atoms with Crippen molar-refractivity contribution in [2.24, 2.45) is 5.92 Å². The lowest BCUT2D eigenvalue weighted by atomic mass is 9.96. The van der Waals surface area contributed by atoms with Gasteiger partial charge in [0.2, 0.25) is 0 Å². The fourth-order valence-electron chi connectivity index (χ4n) is 6.19. The monoisotopic (exact) mass is 508 g/mol. The minimum absolute atomic E-state index is 0.514. The molecule has 0 bridgehead atoms. The number of benzene rings is 2. The highest BCUT2D eigenvalue weighted by molar-refractivity contribution is 5.96. The van der Waals surface area contributed by atoms with Crippen molar-refractivity contribution in [3.8, 4) is 11.4 Å². The highest BCUT2D eigenvalue weighted by Gasteiger charge is 2.29. The predicted molar refractivity (Wildman–Crippen MR) is 157 cm³/mol. The number of nitrogens with zero attached hydrogens (tertiary/aromatic N) is 5. The maximum absolute atomic E-state index is 5.38. The molecule has 0 amide bonds. The first-order valence-electron chi connectivity index (χ1n) is 14.2. The first-order valence-corrected chi connectivity index (χ1v) is 14.2. The second-order valence-electron chi connectivity index (χ2n) is 11.8. The van der Waals surface area contributed by atoms with E-state index in [1.807, 2.05) is 0 Å². The Morgan fingerprint density at radius 3 is 2.45 bits per heavy atom. The van der Waals surface area contributed by atoms with E-state index in [4.69, 9.17) is 9.97 Å². The quantitative estimate of drug-likeness (QED) is 0.326. The SMILES string of the molecule is Cc1ccc(C(C)C)cc1N1CCc2nc(-c3c(C)ccc4[nH]nc(C)c34)nc(N3CCC(C)CC3)c2C1. The summed E-state index contributed by atoms with van der Waals surface area (Å²) in [6.07, 6.45) is 3.35. The van der Waals surface area contributed by atoms with Crippen molar-refractivity contribution < 1.29 is 0 Å². The number of H-pyrrole nitrogens is 1. The second-order valence-corrected chi connectivity index (χ2v) is 11.8. The molecule has 6 rings (SSSR count). The molecule has 1 N–H and O–H groups in total. The van der Waals surface area contributed by atoms with E-state index in [-0.39, 0.29) is 0 Å². The van der Waals surface area contributed by atoms with Gasteiger partial charge in [-0.25, -0.2) is 9.97 Å². The van der Waals surface area contributed by atoms with Gasteiger partial charge in [0.15, 0.2) is 5.82 Å². The van der Waals surface area contributed by atoms with E-state index < -0.39 is 0 Å². The number of aromatic nitrogens is 4. The summed E-state index contributed by atoms with van der Waals surface area (Å²) in [7, 11) is 0. The van der Waals surface area contributed by atoms with Crippen molar-refractivity contribution in [1.82, 2.24) is 20.2 Å². The standard InChI is InChI=1S/C32H40N6/c1-19(2)24-9-7-21(4)28(17-24)38-16-13-26-25(18-38)32(37-14-11-20(3)12-15-37)34-31(33-26)29-22(5)8-10-27-30(29)23(6)35-36-27/h7-10,17,19-20H,11-16,18H2,1-6H3,(H,35,36). The molecule has 198 valence electrons. The van der Waals surface area contributed by atoms with Gasteiger partial charge in [-0.3, -0.25) is 5.10 Å². The zero-order valence-electron chi connectivity index (χ0n) is 23.7. The van der Waals surface area contributed by atoms with Gasteiger partial charge in [0.25, 0.3) is 0 Å².